The lowest BCUT2D eigenvalue weighted by Crippen LogP contribution is -2.51. The highest BCUT2D eigenvalue weighted by Crippen LogP contribution is 2.42. The summed E-state index contributed by atoms with van der Waals surface area (Å²) >= 11 is 6.41. The van der Waals surface area contributed by atoms with Crippen LogP contribution in [-0.2, 0) is 9.59 Å². The zero-order valence-corrected chi connectivity index (χ0v) is 19.1. The first-order chi connectivity index (χ1) is 15.4. The number of carbonyl (C=O) groups excluding carboxylic acids is 1. The maximum absolute atomic E-state index is 13.4. The van der Waals surface area contributed by atoms with Crippen LogP contribution in [0.25, 0.3) is 0 Å². The van der Waals surface area contributed by atoms with Gasteiger partial charge in [-0.15, -0.1) is 0 Å². The SMILES string of the molecule is CN1CCN(N2C=C3CC=CC=C3N(C(=O)CCCCC(=O)O)c3ccc(Cl)cc32)CC1. The van der Waals surface area contributed by atoms with Crippen LogP contribution >= 0.6 is 11.6 Å². The number of hydrogen-bond acceptors (Lipinski definition) is 5. The number of hydrogen-bond donors (Lipinski definition) is 1. The highest BCUT2D eigenvalue weighted by atomic mass is 35.5. The Morgan fingerprint density at radius 2 is 1.81 bits per heavy atom. The Morgan fingerprint density at radius 1 is 1.06 bits per heavy atom. The first-order valence-electron chi connectivity index (χ1n) is 11.1. The van der Waals surface area contributed by atoms with Crippen LogP contribution in [0, 0.1) is 0 Å². The fourth-order valence-electron chi connectivity index (χ4n) is 4.30. The molecule has 1 aromatic rings. The van der Waals surface area contributed by atoms with E-state index in [9.17, 15) is 9.59 Å². The van der Waals surface area contributed by atoms with Crippen molar-refractivity contribution in [3.05, 3.63) is 58.9 Å². The second kappa shape index (κ2) is 9.90. The molecular weight excluding hydrogens is 428 g/mol. The standard InChI is InChI=1S/C24H29ClN4O3/c1-26-12-14-27(15-13-26)28-17-18-6-2-3-7-20(18)29(21-11-10-19(25)16-22(21)28)23(30)8-4-5-9-24(31)32/h2-3,7,10-11,16-17H,4-6,8-9,12-15H2,1H3,(H,31,32). The summed E-state index contributed by atoms with van der Waals surface area (Å²) in [6, 6.07) is 5.64. The smallest absolute Gasteiger partial charge is 0.303 e. The number of halogens is 1. The number of anilines is 2. The van der Waals surface area contributed by atoms with Crippen LogP contribution in [0.15, 0.2) is 53.9 Å². The van der Waals surface area contributed by atoms with Crippen molar-refractivity contribution >= 4 is 34.9 Å². The number of benzene rings is 1. The summed E-state index contributed by atoms with van der Waals surface area (Å²) in [6.45, 7) is 3.68. The van der Waals surface area contributed by atoms with Crippen LogP contribution in [0.5, 0.6) is 0 Å². The molecule has 4 rings (SSSR count). The summed E-state index contributed by atoms with van der Waals surface area (Å²) < 4.78 is 0. The second-order valence-electron chi connectivity index (χ2n) is 8.40. The van der Waals surface area contributed by atoms with Crippen molar-refractivity contribution < 1.29 is 14.7 Å². The van der Waals surface area contributed by atoms with Gasteiger partial charge in [0.05, 0.1) is 17.1 Å². The van der Waals surface area contributed by atoms with Gasteiger partial charge < -0.3 is 10.0 Å². The molecule has 1 N–H and O–H groups in total. The number of hydrazine groups is 1. The molecule has 0 radical (unpaired) electrons. The molecule has 170 valence electrons. The minimum atomic E-state index is -0.833. The van der Waals surface area contributed by atoms with Gasteiger partial charge in [-0.2, -0.15) is 0 Å². The lowest BCUT2D eigenvalue weighted by molar-refractivity contribution is -0.137. The number of aliphatic carboxylic acids is 1. The molecule has 2 aliphatic heterocycles. The first kappa shape index (κ1) is 22.6. The molecule has 3 aliphatic rings. The third-order valence-electron chi connectivity index (χ3n) is 6.07. The summed E-state index contributed by atoms with van der Waals surface area (Å²) in [5.74, 6) is -0.869. The minimum absolute atomic E-state index is 0.0355. The molecule has 0 unspecified atom stereocenters. The topological polar surface area (TPSA) is 67.3 Å². The van der Waals surface area contributed by atoms with Crippen molar-refractivity contribution in [3.63, 3.8) is 0 Å². The van der Waals surface area contributed by atoms with Crippen LogP contribution in [-0.4, -0.2) is 60.1 Å². The Kier molecular flexibility index (Phi) is 6.98. The maximum Gasteiger partial charge on any atom is 0.303 e. The van der Waals surface area contributed by atoms with Crippen molar-refractivity contribution in [1.29, 1.82) is 0 Å². The Balaban J connectivity index is 1.71. The molecule has 0 bridgehead atoms. The maximum atomic E-state index is 13.4. The zero-order chi connectivity index (χ0) is 22.7. The number of carboxylic acid groups (broad SMARTS) is 1. The van der Waals surface area contributed by atoms with Crippen LogP contribution in [0.4, 0.5) is 11.4 Å². The van der Waals surface area contributed by atoms with Crippen molar-refractivity contribution in [2.75, 3.05) is 43.1 Å². The van der Waals surface area contributed by atoms with E-state index in [1.165, 1.54) is 0 Å². The summed E-state index contributed by atoms with van der Waals surface area (Å²) in [5, 5.41) is 14.0. The van der Waals surface area contributed by atoms with E-state index in [1.807, 2.05) is 30.4 Å². The van der Waals surface area contributed by atoms with Gasteiger partial charge in [0.2, 0.25) is 5.91 Å². The molecule has 32 heavy (non-hydrogen) atoms. The molecule has 1 amide bonds. The molecule has 1 fully saturated rings. The van der Waals surface area contributed by atoms with E-state index < -0.39 is 5.97 Å². The van der Waals surface area contributed by atoms with Gasteiger partial charge in [0.1, 0.15) is 0 Å². The average Bonchev–Trinajstić information content (AvgIpc) is 2.91. The number of amides is 1. The van der Waals surface area contributed by atoms with E-state index in [2.05, 4.69) is 34.2 Å². The van der Waals surface area contributed by atoms with Gasteiger partial charge in [-0.05, 0) is 56.2 Å². The third kappa shape index (κ3) is 4.90. The Hall–Kier alpha value is -2.61. The number of nitrogens with zero attached hydrogens (tertiary/aromatic N) is 4. The molecule has 0 saturated carbocycles. The lowest BCUT2D eigenvalue weighted by Gasteiger charge is -2.40. The number of unbranched alkanes of at least 4 members (excludes halogenated alkanes) is 1. The van der Waals surface area contributed by atoms with Crippen LogP contribution in [0.2, 0.25) is 5.02 Å². The van der Waals surface area contributed by atoms with Crippen LogP contribution in [0.1, 0.15) is 32.1 Å². The van der Waals surface area contributed by atoms with Gasteiger partial charge >= 0.3 is 5.97 Å². The fraction of sp³-hybridized carbons (Fsp3) is 0.417. The van der Waals surface area contributed by atoms with E-state index in [1.54, 1.807) is 4.90 Å². The fourth-order valence-corrected chi connectivity index (χ4v) is 4.46. The van der Waals surface area contributed by atoms with E-state index in [0.717, 1.165) is 55.2 Å². The minimum Gasteiger partial charge on any atom is -0.481 e. The van der Waals surface area contributed by atoms with Gasteiger partial charge in [-0.1, -0.05) is 23.8 Å². The molecule has 2 heterocycles. The lowest BCUT2D eigenvalue weighted by atomic mass is 10.0. The molecule has 8 heteroatoms. The van der Waals surface area contributed by atoms with E-state index in [-0.39, 0.29) is 18.7 Å². The second-order valence-corrected chi connectivity index (χ2v) is 8.84. The van der Waals surface area contributed by atoms with Gasteiger partial charge in [-0.3, -0.25) is 19.5 Å². The predicted octanol–water partition coefficient (Wildman–Crippen LogP) is 4.03. The Morgan fingerprint density at radius 3 is 2.56 bits per heavy atom. The molecule has 1 aliphatic carbocycles. The van der Waals surface area contributed by atoms with Gasteiger partial charge in [0.15, 0.2) is 0 Å². The van der Waals surface area contributed by atoms with Gasteiger partial charge in [-0.25, -0.2) is 5.01 Å². The summed E-state index contributed by atoms with van der Waals surface area (Å²) in [4.78, 5) is 28.4. The first-order valence-corrected chi connectivity index (χ1v) is 11.5. The number of allylic oxidation sites excluding steroid dienone is 4. The quantitative estimate of drug-likeness (QED) is 0.652. The molecule has 7 nitrogen and oxygen atoms in total. The van der Waals surface area contributed by atoms with E-state index in [4.69, 9.17) is 16.7 Å². The third-order valence-corrected chi connectivity index (χ3v) is 6.30. The Bertz CT molecular complexity index is 979. The van der Waals surface area contributed by atoms with Crippen LogP contribution in [0.3, 0.4) is 0 Å². The highest BCUT2D eigenvalue weighted by Gasteiger charge is 2.32. The molecule has 0 aromatic heterocycles. The highest BCUT2D eigenvalue weighted by molar-refractivity contribution is 6.31. The molecular formula is C24H29ClN4O3. The molecule has 0 atom stereocenters. The van der Waals surface area contributed by atoms with Crippen molar-refractivity contribution in [1.82, 2.24) is 9.91 Å². The summed E-state index contributed by atoms with van der Waals surface area (Å²) in [5.41, 5.74) is 3.61. The molecule has 1 saturated heterocycles. The van der Waals surface area contributed by atoms with E-state index >= 15 is 0 Å². The number of carbonyl (C=O) groups is 2. The number of fused-ring (bicyclic) bond motifs is 2. The number of piperazine rings is 1. The van der Waals surface area contributed by atoms with Gasteiger partial charge in [0.25, 0.3) is 0 Å². The predicted molar refractivity (Wildman–Crippen MR) is 127 cm³/mol. The van der Waals surface area contributed by atoms with Crippen LogP contribution < -0.4 is 9.91 Å². The molecule has 0 spiro atoms. The van der Waals surface area contributed by atoms with Crippen molar-refractivity contribution in [3.8, 4) is 0 Å². The largest absolute Gasteiger partial charge is 0.481 e. The van der Waals surface area contributed by atoms with E-state index in [0.29, 0.717) is 17.9 Å². The average molecular weight is 457 g/mol. The molecule has 1 aromatic carbocycles. The number of carboxylic acids is 1. The summed E-state index contributed by atoms with van der Waals surface area (Å²) in [6.07, 6.45) is 10.3. The van der Waals surface area contributed by atoms with Crippen molar-refractivity contribution in [2.24, 2.45) is 0 Å². The number of likely N-dealkylation sites (N-methyl/N-ethyl adjacent to an activating group) is 1. The monoisotopic (exact) mass is 456 g/mol. The zero-order valence-electron chi connectivity index (χ0n) is 18.3. The number of rotatable bonds is 6. The Labute approximate surface area is 193 Å². The normalized spacial score (nSPS) is 19.1. The summed E-state index contributed by atoms with van der Waals surface area (Å²) in [7, 11) is 2.13. The van der Waals surface area contributed by atoms with Crippen molar-refractivity contribution in [2.45, 2.75) is 32.1 Å². The van der Waals surface area contributed by atoms with Gasteiger partial charge in [0, 0.05) is 50.2 Å².